The molecule has 0 aliphatic carbocycles. The van der Waals surface area contributed by atoms with E-state index in [1.54, 1.807) is 4.90 Å². The molecular weight excluding hydrogens is 320 g/mol. The van der Waals surface area contributed by atoms with Crippen LogP contribution in [0.15, 0.2) is 0 Å². The number of rotatable bonds is 1. The third-order valence-corrected chi connectivity index (χ3v) is 5.03. The van der Waals surface area contributed by atoms with Crippen molar-refractivity contribution in [2.75, 3.05) is 26.7 Å². The zero-order valence-corrected chi connectivity index (χ0v) is 16.8. The first-order valence-corrected chi connectivity index (χ1v) is 9.22. The molecule has 2 saturated heterocycles. The van der Waals surface area contributed by atoms with Crippen molar-refractivity contribution in [2.24, 2.45) is 5.41 Å². The van der Waals surface area contributed by atoms with Gasteiger partial charge in [0.25, 0.3) is 0 Å². The predicted octanol–water partition coefficient (Wildman–Crippen LogP) is 3.05. The largest absolute Gasteiger partial charge is 0.444 e. The summed E-state index contributed by atoms with van der Waals surface area (Å²) in [5, 5.41) is 0. The number of piperidine rings is 1. The fraction of sp³-hybridized carbons (Fsp3) is 0.895. The van der Waals surface area contributed by atoms with Crippen LogP contribution in [0.1, 0.15) is 60.8 Å². The van der Waals surface area contributed by atoms with Crippen molar-refractivity contribution >= 4 is 12.0 Å². The number of ether oxygens (including phenoxy) is 2. The second-order valence-corrected chi connectivity index (χ2v) is 9.49. The highest BCUT2D eigenvalue weighted by molar-refractivity contribution is 5.81. The molecule has 2 fully saturated rings. The van der Waals surface area contributed by atoms with Gasteiger partial charge in [-0.25, -0.2) is 4.79 Å². The van der Waals surface area contributed by atoms with E-state index < -0.39 is 5.60 Å². The van der Waals surface area contributed by atoms with E-state index in [-0.39, 0.29) is 29.1 Å². The van der Waals surface area contributed by atoms with E-state index >= 15 is 0 Å². The maximum atomic E-state index is 12.5. The molecule has 2 amide bonds. The molecule has 0 saturated carbocycles. The maximum Gasteiger partial charge on any atom is 0.410 e. The summed E-state index contributed by atoms with van der Waals surface area (Å²) in [6, 6.07) is 0.111. The number of amides is 2. The molecule has 0 N–H and O–H groups in total. The van der Waals surface area contributed by atoms with Gasteiger partial charge >= 0.3 is 6.09 Å². The number of likely N-dealkylation sites (N-methyl/N-ethyl adjacent to an activating group) is 1. The zero-order chi connectivity index (χ0) is 19.0. The van der Waals surface area contributed by atoms with Crippen LogP contribution in [0.3, 0.4) is 0 Å². The summed E-state index contributed by atoms with van der Waals surface area (Å²) in [7, 11) is 1.87. The Hall–Kier alpha value is -1.30. The van der Waals surface area contributed by atoms with Crippen molar-refractivity contribution in [1.29, 1.82) is 0 Å². The Balaban J connectivity index is 1.90. The Kier molecular flexibility index (Phi) is 5.43. The van der Waals surface area contributed by atoms with E-state index in [0.717, 1.165) is 19.3 Å². The maximum absolute atomic E-state index is 12.5. The van der Waals surface area contributed by atoms with Crippen molar-refractivity contribution in [3.05, 3.63) is 0 Å². The molecule has 0 aromatic heterocycles. The van der Waals surface area contributed by atoms with Crippen molar-refractivity contribution in [1.82, 2.24) is 9.80 Å². The standard InChI is InChI=1S/C19H34N2O4/c1-17(2,3)15(22)20(7)14-12-19(24-13-14)8-10-21(11-9-19)16(23)25-18(4,5)6/h14H,8-13H2,1-7H3/t14-/m1/s1. The molecule has 0 aromatic rings. The SMILES string of the molecule is CN(C(=O)C(C)(C)C)[C@H]1COC2(CCN(C(=O)OC(C)(C)C)CC2)C1. The van der Waals surface area contributed by atoms with Gasteiger partial charge in [-0.05, 0) is 40.0 Å². The molecule has 2 rings (SSSR count). The number of likely N-dealkylation sites (tertiary alicyclic amines) is 1. The highest BCUT2D eigenvalue weighted by atomic mass is 16.6. The molecule has 144 valence electrons. The zero-order valence-electron chi connectivity index (χ0n) is 16.8. The summed E-state index contributed by atoms with van der Waals surface area (Å²) >= 11 is 0. The highest BCUT2D eigenvalue weighted by Crippen LogP contribution is 2.38. The van der Waals surface area contributed by atoms with E-state index in [0.29, 0.717) is 19.7 Å². The fourth-order valence-electron chi connectivity index (χ4n) is 3.54. The van der Waals surface area contributed by atoms with Crippen LogP contribution in [0.5, 0.6) is 0 Å². The molecule has 1 atom stereocenters. The minimum Gasteiger partial charge on any atom is -0.444 e. The van der Waals surface area contributed by atoms with Gasteiger partial charge in [-0.2, -0.15) is 0 Å². The van der Waals surface area contributed by atoms with Crippen molar-refractivity contribution in [3.8, 4) is 0 Å². The summed E-state index contributed by atoms with van der Waals surface area (Å²) in [4.78, 5) is 28.3. The first kappa shape index (κ1) is 20.0. The average Bonchev–Trinajstić information content (AvgIpc) is 2.87. The summed E-state index contributed by atoms with van der Waals surface area (Å²) in [5.74, 6) is 0.143. The van der Waals surface area contributed by atoms with Crippen LogP contribution in [0.4, 0.5) is 4.79 Å². The topological polar surface area (TPSA) is 59.1 Å². The number of hydrogen-bond acceptors (Lipinski definition) is 4. The van der Waals surface area contributed by atoms with Crippen LogP contribution in [-0.4, -0.2) is 65.8 Å². The lowest BCUT2D eigenvalue weighted by Gasteiger charge is -2.39. The molecule has 2 aliphatic rings. The van der Waals surface area contributed by atoms with Crippen molar-refractivity contribution < 1.29 is 19.1 Å². The van der Waals surface area contributed by atoms with Crippen molar-refractivity contribution in [3.63, 3.8) is 0 Å². The Labute approximate surface area is 151 Å². The third kappa shape index (κ3) is 4.87. The Bertz CT molecular complexity index is 510. The van der Waals surface area contributed by atoms with Crippen molar-refractivity contribution in [2.45, 2.75) is 78.0 Å². The van der Waals surface area contributed by atoms with E-state index in [1.807, 2.05) is 53.5 Å². The van der Waals surface area contributed by atoms with Gasteiger partial charge in [-0.1, -0.05) is 20.8 Å². The molecule has 0 unspecified atom stereocenters. The first-order valence-electron chi connectivity index (χ1n) is 9.22. The predicted molar refractivity (Wildman–Crippen MR) is 96.4 cm³/mol. The summed E-state index contributed by atoms with van der Waals surface area (Å²) in [5.41, 5.74) is -1.07. The highest BCUT2D eigenvalue weighted by Gasteiger charge is 2.46. The van der Waals surface area contributed by atoms with E-state index in [2.05, 4.69) is 0 Å². The minimum atomic E-state index is -0.475. The van der Waals surface area contributed by atoms with Crippen LogP contribution in [0.2, 0.25) is 0 Å². The molecule has 2 heterocycles. The van der Waals surface area contributed by atoms with Crippen LogP contribution in [-0.2, 0) is 14.3 Å². The van der Waals surface area contributed by atoms with Gasteiger partial charge in [0.1, 0.15) is 5.60 Å². The molecule has 1 spiro atoms. The monoisotopic (exact) mass is 354 g/mol. The normalized spacial score (nSPS) is 23.6. The second-order valence-electron chi connectivity index (χ2n) is 9.49. The molecule has 25 heavy (non-hydrogen) atoms. The summed E-state index contributed by atoms with van der Waals surface area (Å²) in [6.45, 7) is 13.3. The number of nitrogens with zero attached hydrogens (tertiary/aromatic N) is 2. The van der Waals surface area contributed by atoms with Gasteiger partial charge in [0.15, 0.2) is 0 Å². The first-order chi connectivity index (χ1) is 11.3. The van der Waals surface area contributed by atoms with Crippen LogP contribution >= 0.6 is 0 Å². The molecule has 6 heteroatoms. The third-order valence-electron chi connectivity index (χ3n) is 5.03. The van der Waals surface area contributed by atoms with Gasteiger partial charge in [-0.15, -0.1) is 0 Å². The van der Waals surface area contributed by atoms with Gasteiger partial charge in [-0.3, -0.25) is 4.79 Å². The molecular formula is C19H34N2O4. The second kappa shape index (κ2) is 6.78. The molecule has 0 aromatic carbocycles. The number of carbonyl (C=O) groups is 2. The van der Waals surface area contributed by atoms with Crippen LogP contribution in [0.25, 0.3) is 0 Å². The van der Waals surface area contributed by atoms with E-state index in [4.69, 9.17) is 9.47 Å². The summed E-state index contributed by atoms with van der Waals surface area (Å²) in [6.07, 6.45) is 2.17. The average molecular weight is 354 g/mol. The molecule has 6 nitrogen and oxygen atoms in total. The van der Waals surface area contributed by atoms with Gasteiger partial charge in [0.2, 0.25) is 5.91 Å². The lowest BCUT2D eigenvalue weighted by atomic mass is 9.86. The number of carbonyl (C=O) groups excluding carboxylic acids is 2. The van der Waals surface area contributed by atoms with Gasteiger partial charge in [0, 0.05) is 25.6 Å². The van der Waals surface area contributed by atoms with Crippen LogP contribution in [0, 0.1) is 5.41 Å². The fourth-order valence-corrected chi connectivity index (χ4v) is 3.54. The molecule has 2 aliphatic heterocycles. The van der Waals surface area contributed by atoms with Gasteiger partial charge < -0.3 is 19.3 Å². The van der Waals surface area contributed by atoms with Crippen LogP contribution < -0.4 is 0 Å². The van der Waals surface area contributed by atoms with E-state index in [1.165, 1.54) is 0 Å². The van der Waals surface area contributed by atoms with E-state index in [9.17, 15) is 9.59 Å². The quantitative estimate of drug-likeness (QED) is 0.726. The summed E-state index contributed by atoms with van der Waals surface area (Å²) < 4.78 is 11.6. The molecule has 0 radical (unpaired) electrons. The minimum absolute atomic E-state index is 0.111. The Morgan fingerprint density at radius 3 is 2.16 bits per heavy atom. The molecule has 0 bridgehead atoms. The lowest BCUT2D eigenvalue weighted by molar-refractivity contribution is -0.140. The number of hydrogen-bond donors (Lipinski definition) is 0. The smallest absolute Gasteiger partial charge is 0.410 e. The van der Waals surface area contributed by atoms with Gasteiger partial charge in [0.05, 0.1) is 18.2 Å². The Morgan fingerprint density at radius 1 is 1.12 bits per heavy atom. The Morgan fingerprint density at radius 2 is 1.68 bits per heavy atom. The lowest BCUT2D eigenvalue weighted by Crippen LogP contribution is -2.49.